The van der Waals surface area contributed by atoms with Crippen molar-refractivity contribution in [2.45, 2.75) is 0 Å². The van der Waals surface area contributed by atoms with E-state index in [2.05, 4.69) is 10.6 Å². The van der Waals surface area contributed by atoms with Gasteiger partial charge in [0.1, 0.15) is 0 Å². The van der Waals surface area contributed by atoms with E-state index in [1.54, 1.807) is 42.5 Å². The molecule has 9 heteroatoms. The molecule has 0 saturated carbocycles. The van der Waals surface area contributed by atoms with Crippen LogP contribution >= 0.6 is 23.1 Å². The monoisotopic (exact) mass is 477 g/mol. The molecule has 1 aliphatic rings. The quantitative estimate of drug-likeness (QED) is 0.490. The van der Waals surface area contributed by atoms with Crippen LogP contribution in [-0.4, -0.2) is 41.0 Å². The fourth-order valence-corrected chi connectivity index (χ4v) is 4.60. The third-order valence-electron chi connectivity index (χ3n) is 4.72. The zero-order valence-corrected chi connectivity index (χ0v) is 18.9. The molecule has 7 nitrogen and oxygen atoms in total. The van der Waals surface area contributed by atoms with Gasteiger partial charge < -0.3 is 10.6 Å². The van der Waals surface area contributed by atoms with Gasteiger partial charge in [0.15, 0.2) is 0 Å². The first-order valence-electron chi connectivity index (χ1n) is 10.0. The Morgan fingerprint density at radius 3 is 2.52 bits per heavy atom. The molecule has 1 saturated heterocycles. The van der Waals surface area contributed by atoms with Crippen molar-refractivity contribution in [2.75, 3.05) is 18.4 Å². The molecule has 0 spiro atoms. The number of amides is 4. The summed E-state index contributed by atoms with van der Waals surface area (Å²) in [5.74, 6) is -0.985. The highest BCUT2D eigenvalue weighted by Gasteiger charge is 2.34. The van der Waals surface area contributed by atoms with E-state index in [4.69, 9.17) is 0 Å². The second-order valence-electron chi connectivity index (χ2n) is 7.01. The predicted molar refractivity (Wildman–Crippen MR) is 130 cm³/mol. The Morgan fingerprint density at radius 2 is 1.76 bits per heavy atom. The Morgan fingerprint density at radius 1 is 0.939 bits per heavy atom. The van der Waals surface area contributed by atoms with Crippen molar-refractivity contribution in [1.29, 1.82) is 0 Å². The molecule has 1 fully saturated rings. The summed E-state index contributed by atoms with van der Waals surface area (Å²) in [6, 6.07) is 19.4. The Hall–Kier alpha value is -3.69. The number of benzene rings is 2. The van der Waals surface area contributed by atoms with Crippen LogP contribution in [0.4, 0.5) is 10.5 Å². The van der Waals surface area contributed by atoms with Crippen molar-refractivity contribution >= 4 is 57.8 Å². The molecule has 3 aromatic rings. The maximum Gasteiger partial charge on any atom is 0.293 e. The van der Waals surface area contributed by atoms with Gasteiger partial charge in [0.25, 0.3) is 23.0 Å². The molecule has 33 heavy (non-hydrogen) atoms. The second kappa shape index (κ2) is 10.3. The van der Waals surface area contributed by atoms with Crippen molar-refractivity contribution in [3.8, 4) is 0 Å². The first-order valence-corrected chi connectivity index (χ1v) is 11.7. The van der Waals surface area contributed by atoms with E-state index in [1.807, 2.05) is 35.7 Å². The Balaban J connectivity index is 1.32. The largest absolute Gasteiger partial charge is 0.350 e. The number of thiophene rings is 1. The maximum atomic E-state index is 12.6. The van der Waals surface area contributed by atoms with Crippen LogP contribution < -0.4 is 10.6 Å². The van der Waals surface area contributed by atoms with Gasteiger partial charge in [-0.2, -0.15) is 0 Å². The lowest BCUT2D eigenvalue weighted by atomic mass is 10.2. The Bertz CT molecular complexity index is 1220. The number of nitrogens with zero attached hydrogens (tertiary/aromatic N) is 1. The number of thioether (sulfide) groups is 1. The van der Waals surface area contributed by atoms with Crippen molar-refractivity contribution in [3.05, 3.63) is 93.0 Å². The highest BCUT2D eigenvalue weighted by Crippen LogP contribution is 2.31. The highest BCUT2D eigenvalue weighted by atomic mass is 32.2. The van der Waals surface area contributed by atoms with E-state index < -0.39 is 0 Å². The van der Waals surface area contributed by atoms with Gasteiger partial charge >= 0.3 is 0 Å². The lowest BCUT2D eigenvalue weighted by Crippen LogP contribution is -2.37. The maximum absolute atomic E-state index is 12.6. The molecule has 0 bridgehead atoms. The van der Waals surface area contributed by atoms with Crippen molar-refractivity contribution in [3.63, 3.8) is 0 Å². The zero-order valence-electron chi connectivity index (χ0n) is 17.3. The van der Waals surface area contributed by atoms with Crippen LogP contribution in [-0.2, 0) is 4.79 Å². The van der Waals surface area contributed by atoms with Gasteiger partial charge in [-0.3, -0.25) is 24.1 Å². The van der Waals surface area contributed by atoms with Gasteiger partial charge in [-0.15, -0.1) is 11.3 Å². The second-order valence-corrected chi connectivity index (χ2v) is 8.95. The third kappa shape index (κ3) is 5.57. The fourth-order valence-electron chi connectivity index (χ4n) is 3.12. The van der Waals surface area contributed by atoms with Crippen LogP contribution in [0, 0.1) is 0 Å². The van der Waals surface area contributed by atoms with Gasteiger partial charge in [0.2, 0.25) is 0 Å². The topological polar surface area (TPSA) is 95.6 Å². The number of carbonyl (C=O) groups excluding carboxylic acids is 4. The van der Waals surface area contributed by atoms with Crippen LogP contribution in [0.2, 0.25) is 0 Å². The molecule has 0 aliphatic carbocycles. The summed E-state index contributed by atoms with van der Waals surface area (Å²) in [6.07, 6.45) is 1.68. The van der Waals surface area contributed by atoms with Gasteiger partial charge in [-0.05, 0) is 53.0 Å². The average Bonchev–Trinajstić information content (AvgIpc) is 3.45. The van der Waals surface area contributed by atoms with E-state index >= 15 is 0 Å². The molecule has 0 unspecified atom stereocenters. The molecule has 2 N–H and O–H groups in total. The molecule has 2 heterocycles. The minimum absolute atomic E-state index is 0.0668. The van der Waals surface area contributed by atoms with E-state index in [0.29, 0.717) is 21.0 Å². The molecule has 0 atom stereocenters. The number of rotatable bonds is 7. The molecule has 0 radical (unpaired) electrons. The molecule has 4 amide bonds. The average molecular weight is 478 g/mol. The molecular formula is C24H19N3O4S2. The van der Waals surface area contributed by atoms with Crippen LogP contribution in [0.3, 0.4) is 0 Å². The SMILES string of the molecule is O=C(NCCN1C(=O)S/C(=C\c2ccccc2)C1=O)c1cccc(NC(=O)c2cccs2)c1. The Labute approximate surface area is 198 Å². The minimum atomic E-state index is -0.374. The normalized spacial score (nSPS) is 14.5. The lowest BCUT2D eigenvalue weighted by molar-refractivity contribution is -0.122. The number of hydrogen-bond acceptors (Lipinski definition) is 6. The number of hydrogen-bond donors (Lipinski definition) is 2. The number of imide groups is 1. The van der Waals surface area contributed by atoms with Crippen LogP contribution in [0.1, 0.15) is 25.6 Å². The van der Waals surface area contributed by atoms with E-state index in [0.717, 1.165) is 22.2 Å². The first-order chi connectivity index (χ1) is 16.0. The predicted octanol–water partition coefficient (Wildman–Crippen LogP) is 4.47. The molecule has 1 aromatic heterocycles. The standard InChI is InChI=1S/C24H19N3O4S2/c28-21(17-8-4-9-18(15-17)26-22(29)19-10-5-13-32-19)25-11-12-27-23(30)20(33-24(27)31)14-16-6-2-1-3-7-16/h1-10,13-15H,11-12H2,(H,25,28)(H,26,29)/b20-14-. The summed E-state index contributed by atoms with van der Waals surface area (Å²) in [5.41, 5.74) is 1.69. The molecule has 4 rings (SSSR count). The summed E-state index contributed by atoms with van der Waals surface area (Å²) in [7, 11) is 0. The summed E-state index contributed by atoms with van der Waals surface area (Å²) in [5, 5.41) is 6.92. The van der Waals surface area contributed by atoms with Crippen LogP contribution in [0.5, 0.6) is 0 Å². The van der Waals surface area contributed by atoms with Gasteiger partial charge in [0.05, 0.1) is 9.78 Å². The molecule has 1 aliphatic heterocycles. The summed E-state index contributed by atoms with van der Waals surface area (Å²) in [6.45, 7) is 0.179. The molecule has 2 aromatic carbocycles. The van der Waals surface area contributed by atoms with Gasteiger partial charge in [-0.25, -0.2) is 0 Å². The number of anilines is 1. The van der Waals surface area contributed by atoms with Gasteiger partial charge in [-0.1, -0.05) is 42.5 Å². The summed E-state index contributed by atoms with van der Waals surface area (Å²) in [4.78, 5) is 51.6. The fraction of sp³-hybridized carbons (Fsp3) is 0.0833. The first kappa shape index (κ1) is 22.5. The van der Waals surface area contributed by atoms with Crippen LogP contribution in [0.15, 0.2) is 77.0 Å². The smallest absolute Gasteiger partial charge is 0.293 e. The van der Waals surface area contributed by atoms with Crippen molar-refractivity contribution in [2.24, 2.45) is 0 Å². The molecule has 166 valence electrons. The van der Waals surface area contributed by atoms with E-state index in [9.17, 15) is 19.2 Å². The highest BCUT2D eigenvalue weighted by molar-refractivity contribution is 8.18. The number of nitrogens with one attached hydrogen (secondary N) is 2. The summed E-state index contributed by atoms with van der Waals surface area (Å²) < 4.78 is 0. The molecular weight excluding hydrogens is 458 g/mol. The van der Waals surface area contributed by atoms with Crippen molar-refractivity contribution in [1.82, 2.24) is 10.2 Å². The Kier molecular flexibility index (Phi) is 7.01. The van der Waals surface area contributed by atoms with Gasteiger partial charge in [0, 0.05) is 24.3 Å². The van der Waals surface area contributed by atoms with E-state index in [1.165, 1.54) is 11.3 Å². The van der Waals surface area contributed by atoms with Crippen LogP contribution in [0.25, 0.3) is 6.08 Å². The third-order valence-corrected chi connectivity index (χ3v) is 6.50. The zero-order chi connectivity index (χ0) is 23.2. The minimum Gasteiger partial charge on any atom is -0.350 e. The lowest BCUT2D eigenvalue weighted by Gasteiger charge is -2.13. The van der Waals surface area contributed by atoms with E-state index in [-0.39, 0.29) is 36.1 Å². The summed E-state index contributed by atoms with van der Waals surface area (Å²) >= 11 is 2.21. The number of carbonyl (C=O) groups is 4. The van der Waals surface area contributed by atoms with Crippen molar-refractivity contribution < 1.29 is 19.2 Å².